The molecule has 0 saturated heterocycles. The number of amides is 2. The summed E-state index contributed by atoms with van der Waals surface area (Å²) in [5, 5.41) is 5.36. The van der Waals surface area contributed by atoms with E-state index >= 15 is 0 Å². The second-order valence-electron chi connectivity index (χ2n) is 5.97. The fourth-order valence-corrected chi connectivity index (χ4v) is 3.25. The fourth-order valence-electron chi connectivity index (χ4n) is 2.38. The Morgan fingerprint density at radius 1 is 1.00 bits per heavy atom. The molecular weight excluding hydrogens is 332 g/mol. The molecule has 2 aromatic rings. The molecule has 5 heteroatoms. The predicted octanol–water partition coefficient (Wildman–Crippen LogP) is 3.68. The van der Waals surface area contributed by atoms with E-state index in [1.807, 2.05) is 69.3 Å². The molecule has 0 radical (unpaired) electrons. The molecule has 0 aliphatic rings. The van der Waals surface area contributed by atoms with Gasteiger partial charge >= 0.3 is 0 Å². The Morgan fingerprint density at radius 3 is 2.28 bits per heavy atom. The molecule has 0 bridgehead atoms. The molecule has 2 amide bonds. The van der Waals surface area contributed by atoms with Crippen molar-refractivity contribution in [3.63, 3.8) is 0 Å². The molecule has 1 atom stereocenters. The smallest absolute Gasteiger partial charge is 0.243 e. The molecule has 0 aliphatic heterocycles. The van der Waals surface area contributed by atoms with Gasteiger partial charge in [0.05, 0.1) is 11.8 Å². The van der Waals surface area contributed by atoms with Crippen molar-refractivity contribution in [2.45, 2.75) is 31.8 Å². The summed E-state index contributed by atoms with van der Waals surface area (Å²) < 4.78 is 0. The van der Waals surface area contributed by atoms with Crippen molar-refractivity contribution in [1.82, 2.24) is 5.32 Å². The van der Waals surface area contributed by atoms with Crippen LogP contribution in [0.15, 0.2) is 48.5 Å². The van der Waals surface area contributed by atoms with Gasteiger partial charge in [0.15, 0.2) is 0 Å². The van der Waals surface area contributed by atoms with Gasteiger partial charge in [0.1, 0.15) is 0 Å². The average Bonchev–Trinajstić information content (AvgIpc) is 2.61. The minimum Gasteiger partial charge on any atom is -0.346 e. The number of hydrogen-bond acceptors (Lipinski definition) is 3. The number of hydrogen-bond donors (Lipinski definition) is 2. The van der Waals surface area contributed by atoms with Gasteiger partial charge in [0.2, 0.25) is 11.8 Å². The molecule has 2 N–H and O–H groups in total. The first kappa shape index (κ1) is 19.1. The number of nitrogens with one attached hydrogen (secondary N) is 2. The normalized spacial score (nSPS) is 11.6. The maximum Gasteiger partial charge on any atom is 0.243 e. The molecule has 0 unspecified atom stereocenters. The van der Waals surface area contributed by atoms with E-state index < -0.39 is 0 Å². The molecule has 2 aromatic carbocycles. The molecule has 0 fully saturated rings. The van der Waals surface area contributed by atoms with Crippen molar-refractivity contribution in [2.75, 3.05) is 11.9 Å². The zero-order valence-electron chi connectivity index (χ0n) is 14.8. The lowest BCUT2D eigenvalue weighted by Crippen LogP contribution is -2.37. The highest BCUT2D eigenvalue weighted by Crippen LogP contribution is 2.19. The summed E-state index contributed by atoms with van der Waals surface area (Å²) in [5.74, 6) is 0.424. The van der Waals surface area contributed by atoms with Gasteiger partial charge in [0, 0.05) is 11.4 Å². The topological polar surface area (TPSA) is 58.2 Å². The van der Waals surface area contributed by atoms with E-state index in [1.165, 1.54) is 5.56 Å². The Morgan fingerprint density at radius 2 is 1.64 bits per heavy atom. The lowest BCUT2D eigenvalue weighted by atomic mass is 10.1. The van der Waals surface area contributed by atoms with Crippen LogP contribution in [0.25, 0.3) is 0 Å². The Hall–Kier alpha value is -2.27. The van der Waals surface area contributed by atoms with E-state index in [0.29, 0.717) is 0 Å². The third-order valence-electron chi connectivity index (χ3n) is 3.88. The Balaban J connectivity index is 1.77. The zero-order chi connectivity index (χ0) is 18.2. The molecule has 0 heterocycles. The molecular formula is C20H24N2O2S. The lowest BCUT2D eigenvalue weighted by molar-refractivity contribution is -0.123. The molecule has 0 aromatic heterocycles. The molecule has 132 valence electrons. The van der Waals surface area contributed by atoms with Crippen molar-refractivity contribution in [3.05, 3.63) is 65.2 Å². The van der Waals surface area contributed by atoms with Crippen molar-refractivity contribution in [1.29, 1.82) is 0 Å². The van der Waals surface area contributed by atoms with Crippen LogP contribution in [0.4, 0.5) is 5.69 Å². The monoisotopic (exact) mass is 356 g/mol. The van der Waals surface area contributed by atoms with E-state index in [2.05, 4.69) is 10.6 Å². The van der Waals surface area contributed by atoms with Gasteiger partial charge in [-0.25, -0.2) is 0 Å². The third kappa shape index (κ3) is 5.94. The number of thioether (sulfide) groups is 1. The zero-order valence-corrected chi connectivity index (χ0v) is 15.7. The summed E-state index contributed by atoms with van der Waals surface area (Å²) in [5.41, 5.74) is 4.01. The van der Waals surface area contributed by atoms with Crippen LogP contribution >= 0.6 is 11.8 Å². The first-order valence-electron chi connectivity index (χ1n) is 8.26. The standard InChI is InChI=1S/C20H24N2O2S/c1-14-8-7-9-15(2)19(14)22-18(23)12-21-20(24)16(3)25-13-17-10-5-4-6-11-17/h4-11,16H,12-13H2,1-3H3,(H,21,24)(H,22,23)/t16-/m0/s1. The van der Waals surface area contributed by atoms with Crippen LogP contribution in [-0.2, 0) is 15.3 Å². The lowest BCUT2D eigenvalue weighted by Gasteiger charge is -2.14. The average molecular weight is 356 g/mol. The quantitative estimate of drug-likeness (QED) is 0.796. The minimum absolute atomic E-state index is 0.0250. The van der Waals surface area contributed by atoms with Gasteiger partial charge in [-0.3, -0.25) is 9.59 Å². The Kier molecular flexibility index (Phi) is 7.07. The maximum absolute atomic E-state index is 12.1. The molecule has 0 spiro atoms. The van der Waals surface area contributed by atoms with E-state index in [4.69, 9.17) is 0 Å². The van der Waals surface area contributed by atoms with Crippen molar-refractivity contribution in [2.24, 2.45) is 0 Å². The first-order chi connectivity index (χ1) is 12.0. The molecule has 25 heavy (non-hydrogen) atoms. The van der Waals surface area contributed by atoms with Gasteiger partial charge in [-0.05, 0) is 37.5 Å². The van der Waals surface area contributed by atoms with Crippen LogP contribution in [0.5, 0.6) is 0 Å². The summed E-state index contributed by atoms with van der Waals surface area (Å²) in [6.45, 7) is 5.72. The predicted molar refractivity (Wildman–Crippen MR) is 105 cm³/mol. The molecule has 0 aliphatic carbocycles. The third-order valence-corrected chi connectivity index (χ3v) is 5.09. The summed E-state index contributed by atoms with van der Waals surface area (Å²) in [7, 11) is 0. The summed E-state index contributed by atoms with van der Waals surface area (Å²) >= 11 is 1.55. The van der Waals surface area contributed by atoms with Crippen LogP contribution in [0.2, 0.25) is 0 Å². The molecule has 0 saturated carbocycles. The Bertz CT molecular complexity index is 711. The van der Waals surface area contributed by atoms with Crippen molar-refractivity contribution in [3.8, 4) is 0 Å². The number of anilines is 1. The van der Waals surface area contributed by atoms with Crippen LogP contribution in [0, 0.1) is 13.8 Å². The maximum atomic E-state index is 12.1. The van der Waals surface area contributed by atoms with Crippen molar-refractivity contribution < 1.29 is 9.59 Å². The van der Waals surface area contributed by atoms with Gasteiger partial charge in [-0.1, -0.05) is 48.5 Å². The molecule has 2 rings (SSSR count). The van der Waals surface area contributed by atoms with Crippen LogP contribution in [-0.4, -0.2) is 23.6 Å². The van der Waals surface area contributed by atoms with Crippen LogP contribution < -0.4 is 10.6 Å². The number of para-hydroxylation sites is 1. The number of rotatable bonds is 7. The fraction of sp³-hybridized carbons (Fsp3) is 0.300. The van der Waals surface area contributed by atoms with E-state index in [1.54, 1.807) is 11.8 Å². The second-order valence-corrected chi connectivity index (χ2v) is 7.30. The van der Waals surface area contributed by atoms with Crippen molar-refractivity contribution >= 4 is 29.3 Å². The number of aryl methyl sites for hydroxylation is 2. The second kappa shape index (κ2) is 9.28. The highest BCUT2D eigenvalue weighted by atomic mass is 32.2. The largest absolute Gasteiger partial charge is 0.346 e. The van der Waals surface area contributed by atoms with E-state index in [0.717, 1.165) is 22.6 Å². The highest BCUT2D eigenvalue weighted by Gasteiger charge is 2.15. The number of benzene rings is 2. The van der Waals surface area contributed by atoms with Gasteiger partial charge in [-0.2, -0.15) is 0 Å². The summed E-state index contributed by atoms with van der Waals surface area (Å²) in [6, 6.07) is 15.9. The van der Waals surface area contributed by atoms with Gasteiger partial charge in [-0.15, -0.1) is 11.8 Å². The minimum atomic E-state index is -0.217. The SMILES string of the molecule is Cc1cccc(C)c1NC(=O)CNC(=O)[C@H](C)SCc1ccccc1. The summed E-state index contributed by atoms with van der Waals surface area (Å²) in [4.78, 5) is 24.2. The number of carbonyl (C=O) groups is 2. The van der Waals surface area contributed by atoms with E-state index in [-0.39, 0.29) is 23.6 Å². The first-order valence-corrected chi connectivity index (χ1v) is 9.31. The summed E-state index contributed by atoms with van der Waals surface area (Å²) in [6.07, 6.45) is 0. The van der Waals surface area contributed by atoms with Gasteiger partial charge < -0.3 is 10.6 Å². The van der Waals surface area contributed by atoms with Crippen LogP contribution in [0.1, 0.15) is 23.6 Å². The Labute approximate surface area is 153 Å². The van der Waals surface area contributed by atoms with E-state index in [9.17, 15) is 9.59 Å². The molecule has 4 nitrogen and oxygen atoms in total. The number of carbonyl (C=O) groups excluding carboxylic acids is 2. The highest BCUT2D eigenvalue weighted by molar-refractivity contribution is 7.99. The van der Waals surface area contributed by atoms with Gasteiger partial charge in [0.25, 0.3) is 0 Å². The van der Waals surface area contributed by atoms with Crippen LogP contribution in [0.3, 0.4) is 0 Å².